The molecule has 0 amide bonds. The molecule has 1 fully saturated rings. The molecule has 0 unspecified atom stereocenters. The lowest BCUT2D eigenvalue weighted by Gasteiger charge is -2.43. The summed E-state index contributed by atoms with van der Waals surface area (Å²) in [6, 6.07) is 7.84. The highest BCUT2D eigenvalue weighted by Crippen LogP contribution is 2.54. The summed E-state index contributed by atoms with van der Waals surface area (Å²) in [6.45, 7) is 3.16. The fourth-order valence-corrected chi connectivity index (χ4v) is 3.06. The first-order chi connectivity index (χ1) is 8.89. The van der Waals surface area contributed by atoms with Gasteiger partial charge in [-0.1, -0.05) is 6.92 Å². The maximum atomic E-state index is 11.4. The van der Waals surface area contributed by atoms with Crippen LogP contribution in [0.3, 0.4) is 0 Å². The topological polar surface area (TPSA) is 112 Å². The average molecular weight is 254 g/mol. The van der Waals surface area contributed by atoms with Crippen molar-refractivity contribution in [3.63, 3.8) is 0 Å². The van der Waals surface area contributed by atoms with Gasteiger partial charge in [-0.15, -0.1) is 0 Å². The predicted molar refractivity (Wildman–Crippen MR) is 64.5 cm³/mol. The Morgan fingerprint density at radius 3 is 1.68 bits per heavy atom. The van der Waals surface area contributed by atoms with Crippen LogP contribution in [0.25, 0.3) is 0 Å². The SMILES string of the molecule is CC(=O)CC1C(C#N)(C#N)CC(C)CC1(C#N)C#N. The second kappa shape index (κ2) is 5.09. The van der Waals surface area contributed by atoms with Crippen LogP contribution in [0.5, 0.6) is 0 Å². The second-order valence-electron chi connectivity index (χ2n) is 5.36. The third-order valence-corrected chi connectivity index (χ3v) is 3.82. The van der Waals surface area contributed by atoms with Crippen LogP contribution < -0.4 is 0 Å². The third-order valence-electron chi connectivity index (χ3n) is 3.82. The summed E-state index contributed by atoms with van der Waals surface area (Å²) in [6.07, 6.45) is 0.501. The molecule has 0 radical (unpaired) electrons. The van der Waals surface area contributed by atoms with Gasteiger partial charge in [-0.2, -0.15) is 21.0 Å². The van der Waals surface area contributed by atoms with E-state index >= 15 is 0 Å². The summed E-state index contributed by atoms with van der Waals surface area (Å²) in [5.74, 6) is -1.15. The Labute approximate surface area is 112 Å². The van der Waals surface area contributed by atoms with Crippen molar-refractivity contribution in [3.05, 3.63) is 0 Å². The molecule has 0 aromatic carbocycles. The number of hydrogen-bond donors (Lipinski definition) is 0. The molecule has 1 saturated carbocycles. The van der Waals surface area contributed by atoms with Crippen LogP contribution in [-0.2, 0) is 4.79 Å². The molecule has 5 heteroatoms. The van der Waals surface area contributed by atoms with Gasteiger partial charge in [-0.25, -0.2) is 0 Å². The van der Waals surface area contributed by atoms with Crippen LogP contribution in [0.15, 0.2) is 0 Å². The van der Waals surface area contributed by atoms with E-state index in [0.717, 1.165) is 0 Å². The van der Waals surface area contributed by atoms with Crippen LogP contribution in [-0.4, -0.2) is 5.78 Å². The zero-order valence-electron chi connectivity index (χ0n) is 11.0. The molecule has 0 saturated heterocycles. The van der Waals surface area contributed by atoms with E-state index in [9.17, 15) is 25.8 Å². The van der Waals surface area contributed by atoms with E-state index in [4.69, 9.17) is 0 Å². The van der Waals surface area contributed by atoms with Crippen molar-refractivity contribution in [2.75, 3.05) is 0 Å². The Morgan fingerprint density at radius 2 is 1.42 bits per heavy atom. The highest BCUT2D eigenvalue weighted by molar-refractivity contribution is 5.76. The lowest BCUT2D eigenvalue weighted by atomic mass is 9.52. The summed E-state index contributed by atoms with van der Waals surface area (Å²) in [7, 11) is 0. The molecular weight excluding hydrogens is 240 g/mol. The molecule has 0 spiro atoms. The first-order valence-electron chi connectivity index (χ1n) is 6.04. The quantitative estimate of drug-likeness (QED) is 0.748. The summed E-state index contributed by atoms with van der Waals surface area (Å²) < 4.78 is 0. The molecule has 1 aliphatic carbocycles. The van der Waals surface area contributed by atoms with Crippen LogP contribution in [0.2, 0.25) is 0 Å². The smallest absolute Gasteiger partial charge is 0.149 e. The number of carbonyl (C=O) groups is 1. The molecule has 1 rings (SSSR count). The fraction of sp³-hybridized carbons (Fsp3) is 0.643. The molecular formula is C14H14N4O. The molecule has 0 aliphatic heterocycles. The number of rotatable bonds is 2. The molecule has 96 valence electrons. The third kappa shape index (κ3) is 2.29. The molecule has 0 N–H and O–H groups in total. The number of Topliss-reactive ketones (excluding diaryl/α,β-unsaturated/α-hetero) is 1. The van der Waals surface area contributed by atoms with Crippen molar-refractivity contribution in [3.8, 4) is 24.3 Å². The summed E-state index contributed by atoms with van der Waals surface area (Å²) in [5, 5.41) is 37.5. The average Bonchev–Trinajstić information content (AvgIpc) is 2.40. The number of ketones is 1. The van der Waals surface area contributed by atoms with Gasteiger partial charge in [0.05, 0.1) is 24.3 Å². The Kier molecular flexibility index (Phi) is 3.94. The lowest BCUT2D eigenvalue weighted by molar-refractivity contribution is -0.119. The minimum atomic E-state index is -1.44. The van der Waals surface area contributed by atoms with Gasteiger partial charge in [0.25, 0.3) is 0 Å². The lowest BCUT2D eigenvalue weighted by Crippen LogP contribution is -2.47. The standard InChI is InChI=1S/C14H14N4O/c1-10-4-13(6-15,7-16)12(3-11(2)19)14(5-10,8-17)9-18/h10,12H,3-5H2,1-2H3. The van der Waals surface area contributed by atoms with Crippen molar-refractivity contribution >= 4 is 5.78 Å². The van der Waals surface area contributed by atoms with Gasteiger partial charge >= 0.3 is 0 Å². The molecule has 0 bridgehead atoms. The van der Waals surface area contributed by atoms with Gasteiger partial charge < -0.3 is 4.79 Å². The second-order valence-corrected chi connectivity index (χ2v) is 5.36. The Morgan fingerprint density at radius 1 is 1.05 bits per heavy atom. The maximum absolute atomic E-state index is 11.4. The van der Waals surface area contributed by atoms with E-state index in [1.165, 1.54) is 6.92 Å². The first-order valence-corrected chi connectivity index (χ1v) is 6.04. The van der Waals surface area contributed by atoms with E-state index < -0.39 is 16.7 Å². The first kappa shape index (κ1) is 14.7. The normalized spacial score (nSPS) is 27.1. The zero-order valence-corrected chi connectivity index (χ0v) is 11.0. The van der Waals surface area contributed by atoms with Gasteiger partial charge in [-0.3, -0.25) is 0 Å². The number of hydrogen-bond acceptors (Lipinski definition) is 5. The van der Waals surface area contributed by atoms with E-state index in [-0.39, 0.29) is 18.1 Å². The Bertz CT molecular complexity index is 482. The Balaban J connectivity index is 3.45. The van der Waals surface area contributed by atoms with Crippen molar-refractivity contribution < 1.29 is 4.79 Å². The molecule has 0 atom stereocenters. The molecule has 19 heavy (non-hydrogen) atoms. The summed E-state index contributed by atoms with van der Waals surface area (Å²) in [4.78, 5) is 11.4. The highest BCUT2D eigenvalue weighted by atomic mass is 16.1. The largest absolute Gasteiger partial charge is 0.300 e. The molecule has 5 nitrogen and oxygen atoms in total. The van der Waals surface area contributed by atoms with Crippen LogP contribution >= 0.6 is 0 Å². The maximum Gasteiger partial charge on any atom is 0.149 e. The van der Waals surface area contributed by atoms with Crippen molar-refractivity contribution in [2.45, 2.75) is 33.1 Å². The van der Waals surface area contributed by atoms with E-state index in [1.54, 1.807) is 0 Å². The summed E-state index contributed by atoms with van der Waals surface area (Å²) >= 11 is 0. The molecule has 0 heterocycles. The van der Waals surface area contributed by atoms with Crippen LogP contribution in [0.4, 0.5) is 0 Å². The van der Waals surface area contributed by atoms with E-state index in [1.807, 2.05) is 31.2 Å². The van der Waals surface area contributed by atoms with Gasteiger partial charge in [0.1, 0.15) is 16.6 Å². The van der Waals surface area contributed by atoms with Gasteiger partial charge in [0, 0.05) is 12.3 Å². The van der Waals surface area contributed by atoms with Crippen molar-refractivity contribution in [1.29, 1.82) is 21.0 Å². The highest BCUT2D eigenvalue weighted by Gasteiger charge is 2.58. The monoisotopic (exact) mass is 254 g/mol. The minimum absolute atomic E-state index is 0.0817. The molecule has 0 aromatic heterocycles. The van der Waals surface area contributed by atoms with Gasteiger partial charge in [0.2, 0.25) is 0 Å². The van der Waals surface area contributed by atoms with Crippen LogP contribution in [0.1, 0.15) is 33.1 Å². The van der Waals surface area contributed by atoms with E-state index in [2.05, 4.69) is 0 Å². The zero-order chi connectivity index (χ0) is 14.7. The summed E-state index contributed by atoms with van der Waals surface area (Å²) in [5.41, 5.74) is -2.87. The number of nitriles is 4. The Hall–Kier alpha value is -2.37. The molecule has 1 aliphatic rings. The molecule has 0 aromatic rings. The van der Waals surface area contributed by atoms with E-state index in [0.29, 0.717) is 12.8 Å². The van der Waals surface area contributed by atoms with Crippen LogP contribution in [0, 0.1) is 68.0 Å². The van der Waals surface area contributed by atoms with Crippen molar-refractivity contribution in [2.24, 2.45) is 22.7 Å². The van der Waals surface area contributed by atoms with Gasteiger partial charge in [0.15, 0.2) is 0 Å². The number of carbonyl (C=O) groups excluding carboxylic acids is 1. The van der Waals surface area contributed by atoms with Gasteiger partial charge in [-0.05, 0) is 25.7 Å². The van der Waals surface area contributed by atoms with Crippen molar-refractivity contribution in [1.82, 2.24) is 0 Å². The minimum Gasteiger partial charge on any atom is -0.300 e. The predicted octanol–water partition coefficient (Wildman–Crippen LogP) is 2.08. The number of nitrogens with zero attached hydrogens (tertiary/aromatic N) is 4. The fourth-order valence-electron chi connectivity index (χ4n) is 3.06.